The first-order chi connectivity index (χ1) is 16.1. The number of rotatable bonds is 8. The highest BCUT2D eigenvalue weighted by atomic mass is 16.5. The van der Waals surface area contributed by atoms with Gasteiger partial charge in [0.2, 0.25) is 0 Å². The Labute approximate surface area is 193 Å². The third-order valence-electron chi connectivity index (χ3n) is 5.41. The fourth-order valence-corrected chi connectivity index (χ4v) is 3.57. The summed E-state index contributed by atoms with van der Waals surface area (Å²) in [6.07, 6.45) is 4.29. The van der Waals surface area contributed by atoms with Crippen LogP contribution in [0.25, 0.3) is 16.8 Å². The molecule has 7 nitrogen and oxygen atoms in total. The lowest BCUT2D eigenvalue weighted by atomic mass is 10.0. The maximum atomic E-state index is 13.5. The molecule has 0 atom stereocenters. The standard InChI is InChI=1S/C26H26N4O3/c1-29(16-14-20-9-7-8-15-27-20)26(31)25-22(18-30(28-25)21-10-5-4-6-11-21)19-12-13-23(32-2)24(17-19)33-3/h4-13,15,17-18H,14,16H2,1-3H3. The van der Waals surface area contributed by atoms with Crippen molar-refractivity contribution in [3.05, 3.63) is 90.5 Å². The third kappa shape index (κ3) is 4.87. The number of ether oxygens (including phenoxy) is 2. The predicted octanol–water partition coefficient (Wildman–Crippen LogP) is 4.27. The molecule has 4 aromatic rings. The third-order valence-corrected chi connectivity index (χ3v) is 5.41. The normalized spacial score (nSPS) is 10.6. The maximum absolute atomic E-state index is 13.5. The second-order valence-corrected chi connectivity index (χ2v) is 7.54. The zero-order chi connectivity index (χ0) is 23.2. The highest BCUT2D eigenvalue weighted by molar-refractivity contribution is 5.99. The monoisotopic (exact) mass is 442 g/mol. The zero-order valence-electron chi connectivity index (χ0n) is 18.9. The first-order valence-corrected chi connectivity index (χ1v) is 10.6. The Morgan fingerprint density at radius 2 is 1.73 bits per heavy atom. The zero-order valence-corrected chi connectivity index (χ0v) is 18.9. The Morgan fingerprint density at radius 3 is 2.42 bits per heavy atom. The lowest BCUT2D eigenvalue weighted by Crippen LogP contribution is -2.29. The van der Waals surface area contributed by atoms with Crippen molar-refractivity contribution in [2.75, 3.05) is 27.8 Å². The van der Waals surface area contributed by atoms with E-state index in [0.29, 0.717) is 30.2 Å². The first kappa shape index (κ1) is 22.1. The van der Waals surface area contributed by atoms with Crippen LogP contribution in [0.2, 0.25) is 0 Å². The molecule has 0 aliphatic carbocycles. The molecule has 7 heteroatoms. The molecule has 168 valence electrons. The van der Waals surface area contributed by atoms with Gasteiger partial charge in [-0.05, 0) is 42.0 Å². The van der Waals surface area contributed by atoms with Crippen LogP contribution < -0.4 is 9.47 Å². The number of hydrogen-bond donors (Lipinski definition) is 0. The van der Waals surface area contributed by atoms with E-state index in [1.165, 1.54) is 0 Å². The Balaban J connectivity index is 1.70. The van der Waals surface area contributed by atoms with Crippen LogP contribution in [0.5, 0.6) is 11.5 Å². The average Bonchev–Trinajstić information content (AvgIpc) is 3.33. The van der Waals surface area contributed by atoms with Gasteiger partial charge >= 0.3 is 0 Å². The van der Waals surface area contributed by atoms with Gasteiger partial charge in [-0.1, -0.05) is 30.3 Å². The van der Waals surface area contributed by atoms with Gasteiger partial charge in [-0.3, -0.25) is 9.78 Å². The SMILES string of the molecule is COc1ccc(-c2cn(-c3ccccc3)nc2C(=O)N(C)CCc2ccccn2)cc1OC. The van der Waals surface area contributed by atoms with E-state index in [1.54, 1.807) is 37.0 Å². The molecular formula is C26H26N4O3. The lowest BCUT2D eigenvalue weighted by Gasteiger charge is -2.16. The van der Waals surface area contributed by atoms with Gasteiger partial charge in [0.05, 0.1) is 19.9 Å². The highest BCUT2D eigenvalue weighted by Crippen LogP contribution is 2.34. The van der Waals surface area contributed by atoms with Gasteiger partial charge in [0.15, 0.2) is 17.2 Å². The smallest absolute Gasteiger partial charge is 0.274 e. The van der Waals surface area contributed by atoms with Crippen molar-refractivity contribution >= 4 is 5.91 Å². The molecule has 1 amide bonds. The van der Waals surface area contributed by atoms with Crippen LogP contribution in [0.1, 0.15) is 16.2 Å². The molecule has 33 heavy (non-hydrogen) atoms. The van der Waals surface area contributed by atoms with E-state index >= 15 is 0 Å². The van der Waals surface area contributed by atoms with Crippen LogP contribution >= 0.6 is 0 Å². The average molecular weight is 443 g/mol. The van der Waals surface area contributed by atoms with Gasteiger partial charge in [0.1, 0.15) is 0 Å². The fraction of sp³-hybridized carbons (Fsp3) is 0.192. The van der Waals surface area contributed by atoms with E-state index in [2.05, 4.69) is 10.1 Å². The summed E-state index contributed by atoms with van der Waals surface area (Å²) in [6, 6.07) is 21.1. The number of carbonyl (C=O) groups excluding carboxylic acids is 1. The summed E-state index contributed by atoms with van der Waals surface area (Å²) < 4.78 is 12.6. The first-order valence-electron chi connectivity index (χ1n) is 10.6. The van der Waals surface area contributed by atoms with E-state index < -0.39 is 0 Å². The van der Waals surface area contributed by atoms with Crippen LogP contribution in [0.3, 0.4) is 0 Å². The number of hydrogen-bond acceptors (Lipinski definition) is 5. The summed E-state index contributed by atoms with van der Waals surface area (Å²) in [4.78, 5) is 19.5. The van der Waals surface area contributed by atoms with Crippen LogP contribution in [0.15, 0.2) is 79.1 Å². The summed E-state index contributed by atoms with van der Waals surface area (Å²) in [5.41, 5.74) is 3.71. The van der Waals surface area contributed by atoms with Gasteiger partial charge in [-0.25, -0.2) is 4.68 Å². The van der Waals surface area contributed by atoms with Crippen LogP contribution in [0.4, 0.5) is 0 Å². The largest absolute Gasteiger partial charge is 0.493 e. The maximum Gasteiger partial charge on any atom is 0.274 e. The second kappa shape index (κ2) is 9.99. The summed E-state index contributed by atoms with van der Waals surface area (Å²) in [5.74, 6) is 1.05. The topological polar surface area (TPSA) is 69.5 Å². The number of carbonyl (C=O) groups is 1. The van der Waals surface area contributed by atoms with Crippen molar-refractivity contribution in [3.63, 3.8) is 0 Å². The molecule has 0 aliphatic heterocycles. The van der Waals surface area contributed by atoms with E-state index in [1.807, 2.05) is 72.9 Å². The highest BCUT2D eigenvalue weighted by Gasteiger charge is 2.23. The van der Waals surface area contributed by atoms with E-state index in [0.717, 1.165) is 22.5 Å². The quantitative estimate of drug-likeness (QED) is 0.408. The molecule has 0 unspecified atom stereocenters. The number of aromatic nitrogens is 3. The fourth-order valence-electron chi connectivity index (χ4n) is 3.57. The molecular weight excluding hydrogens is 416 g/mol. The lowest BCUT2D eigenvalue weighted by molar-refractivity contribution is 0.0791. The van der Waals surface area contributed by atoms with Gasteiger partial charge < -0.3 is 14.4 Å². The van der Waals surface area contributed by atoms with Crippen molar-refractivity contribution in [1.29, 1.82) is 0 Å². The van der Waals surface area contributed by atoms with E-state index in [4.69, 9.17) is 9.47 Å². The Hall–Kier alpha value is -4.13. The van der Waals surface area contributed by atoms with Crippen molar-refractivity contribution in [2.24, 2.45) is 0 Å². The number of amides is 1. The number of methoxy groups -OCH3 is 2. The number of para-hydroxylation sites is 1. The van der Waals surface area contributed by atoms with Gasteiger partial charge in [-0.15, -0.1) is 0 Å². The van der Waals surface area contributed by atoms with Gasteiger partial charge in [-0.2, -0.15) is 5.10 Å². The molecule has 4 rings (SSSR count). The molecule has 2 aromatic carbocycles. The van der Waals surface area contributed by atoms with Crippen LogP contribution in [0, 0.1) is 0 Å². The number of nitrogens with zero attached hydrogens (tertiary/aromatic N) is 4. The van der Waals surface area contributed by atoms with Crippen LogP contribution in [-0.4, -0.2) is 53.4 Å². The summed E-state index contributed by atoms with van der Waals surface area (Å²) in [7, 11) is 4.97. The van der Waals surface area contributed by atoms with Gasteiger partial charge in [0.25, 0.3) is 5.91 Å². The number of pyridine rings is 1. The Bertz CT molecular complexity index is 1220. The molecule has 0 spiro atoms. The molecule has 0 fully saturated rings. The van der Waals surface area contributed by atoms with Crippen molar-refractivity contribution in [1.82, 2.24) is 19.7 Å². The van der Waals surface area contributed by atoms with Crippen molar-refractivity contribution < 1.29 is 14.3 Å². The second-order valence-electron chi connectivity index (χ2n) is 7.54. The molecule has 0 saturated carbocycles. The minimum absolute atomic E-state index is 0.162. The molecule has 0 radical (unpaired) electrons. The van der Waals surface area contributed by atoms with Crippen LogP contribution in [-0.2, 0) is 6.42 Å². The van der Waals surface area contributed by atoms with Crippen molar-refractivity contribution in [2.45, 2.75) is 6.42 Å². The molecule has 2 heterocycles. The molecule has 0 saturated heterocycles. The predicted molar refractivity (Wildman–Crippen MR) is 127 cm³/mol. The van der Waals surface area contributed by atoms with E-state index in [-0.39, 0.29) is 5.91 Å². The summed E-state index contributed by atoms with van der Waals surface area (Å²) in [6.45, 7) is 0.527. The van der Waals surface area contributed by atoms with Crippen molar-refractivity contribution in [3.8, 4) is 28.3 Å². The van der Waals surface area contributed by atoms with Gasteiger partial charge in [0, 0.05) is 43.7 Å². The minimum atomic E-state index is -0.162. The Kier molecular flexibility index (Phi) is 6.69. The summed E-state index contributed by atoms with van der Waals surface area (Å²) in [5, 5.41) is 4.67. The Morgan fingerprint density at radius 1 is 0.970 bits per heavy atom. The van der Waals surface area contributed by atoms with E-state index in [9.17, 15) is 4.79 Å². The molecule has 0 aliphatic rings. The number of benzene rings is 2. The summed E-state index contributed by atoms with van der Waals surface area (Å²) >= 11 is 0. The molecule has 2 aromatic heterocycles. The number of likely N-dealkylation sites (N-methyl/N-ethyl adjacent to an activating group) is 1. The molecule has 0 bridgehead atoms. The minimum Gasteiger partial charge on any atom is -0.493 e. The molecule has 0 N–H and O–H groups in total.